The molecule has 0 saturated carbocycles. The first-order chi connectivity index (χ1) is 10.1. The number of nitrogens with zero attached hydrogens (tertiary/aromatic N) is 1. The average Bonchev–Trinajstić information content (AvgIpc) is 2.47. The second-order valence-electron chi connectivity index (χ2n) is 4.94. The highest BCUT2D eigenvalue weighted by Gasteiger charge is 2.06. The van der Waals surface area contributed by atoms with Crippen molar-refractivity contribution in [3.05, 3.63) is 69.8 Å². The van der Waals surface area contributed by atoms with Crippen molar-refractivity contribution in [3.63, 3.8) is 0 Å². The number of nitro benzene ring substituents is 1. The number of non-ortho nitro benzene ring substituents is 1. The summed E-state index contributed by atoms with van der Waals surface area (Å²) in [4.78, 5) is 10.2. The van der Waals surface area contributed by atoms with Crippen molar-refractivity contribution in [1.82, 2.24) is 5.32 Å². The normalized spacial score (nSPS) is 12.0. The first-order valence-electron chi connectivity index (χ1n) is 6.82. The van der Waals surface area contributed by atoms with E-state index in [2.05, 4.69) is 5.32 Å². The second kappa shape index (κ2) is 6.85. The first kappa shape index (κ1) is 15.0. The van der Waals surface area contributed by atoms with Gasteiger partial charge in [0.1, 0.15) is 5.75 Å². The summed E-state index contributed by atoms with van der Waals surface area (Å²) >= 11 is 0. The lowest BCUT2D eigenvalue weighted by atomic mass is 10.1. The molecule has 2 aromatic rings. The highest BCUT2D eigenvalue weighted by Crippen LogP contribution is 2.18. The van der Waals surface area contributed by atoms with Gasteiger partial charge in [0.15, 0.2) is 0 Å². The molecular formula is C16H18N2O3. The predicted octanol–water partition coefficient (Wildman–Crippen LogP) is 3.19. The Bertz CT molecular complexity index is 611. The summed E-state index contributed by atoms with van der Waals surface area (Å²) in [5.74, 6) is 0.261. The van der Waals surface area contributed by atoms with E-state index in [-0.39, 0.29) is 17.5 Å². The Morgan fingerprint density at radius 2 is 1.95 bits per heavy atom. The monoisotopic (exact) mass is 286 g/mol. The number of phenolic OH excluding ortho intramolecular Hbond substituents is 1. The van der Waals surface area contributed by atoms with E-state index in [0.29, 0.717) is 0 Å². The van der Waals surface area contributed by atoms with Crippen molar-refractivity contribution in [2.24, 2.45) is 0 Å². The van der Waals surface area contributed by atoms with Crippen LogP contribution in [-0.2, 0) is 6.42 Å². The van der Waals surface area contributed by atoms with Gasteiger partial charge in [-0.3, -0.25) is 10.1 Å². The van der Waals surface area contributed by atoms with Crippen molar-refractivity contribution in [1.29, 1.82) is 0 Å². The van der Waals surface area contributed by atoms with E-state index in [1.807, 2.05) is 19.1 Å². The number of rotatable bonds is 6. The molecule has 0 bridgehead atoms. The van der Waals surface area contributed by atoms with E-state index >= 15 is 0 Å². The van der Waals surface area contributed by atoms with Crippen LogP contribution in [0.5, 0.6) is 5.75 Å². The van der Waals surface area contributed by atoms with Crippen molar-refractivity contribution < 1.29 is 10.0 Å². The fraction of sp³-hybridized carbons (Fsp3) is 0.250. The SMILES string of the molecule is CC(NCCc1ccc([N+](=O)[O-])cc1)c1cccc(O)c1. The number of nitro groups is 1. The van der Waals surface area contributed by atoms with Crippen LogP contribution in [0.25, 0.3) is 0 Å². The zero-order valence-electron chi connectivity index (χ0n) is 11.8. The van der Waals surface area contributed by atoms with Gasteiger partial charge in [-0.15, -0.1) is 0 Å². The number of nitrogens with one attached hydrogen (secondary N) is 1. The number of phenols is 1. The summed E-state index contributed by atoms with van der Waals surface area (Å²) in [6.45, 7) is 2.79. The first-order valence-corrected chi connectivity index (χ1v) is 6.82. The van der Waals surface area contributed by atoms with Crippen LogP contribution in [-0.4, -0.2) is 16.6 Å². The van der Waals surface area contributed by atoms with Crippen molar-refractivity contribution in [3.8, 4) is 5.75 Å². The third-order valence-corrected chi connectivity index (χ3v) is 3.38. The lowest BCUT2D eigenvalue weighted by Crippen LogP contribution is -2.21. The predicted molar refractivity (Wildman–Crippen MR) is 81.3 cm³/mol. The maximum Gasteiger partial charge on any atom is 0.269 e. The molecule has 5 heteroatoms. The van der Waals surface area contributed by atoms with Crippen molar-refractivity contribution in [2.45, 2.75) is 19.4 Å². The minimum absolute atomic E-state index is 0.111. The highest BCUT2D eigenvalue weighted by molar-refractivity contribution is 5.33. The molecule has 0 fully saturated rings. The largest absolute Gasteiger partial charge is 0.508 e. The molecule has 1 atom stereocenters. The molecule has 1 unspecified atom stereocenters. The highest BCUT2D eigenvalue weighted by atomic mass is 16.6. The standard InChI is InChI=1S/C16H18N2O3/c1-12(14-3-2-4-16(19)11-14)17-10-9-13-5-7-15(8-6-13)18(20)21/h2-8,11-12,17,19H,9-10H2,1H3. The lowest BCUT2D eigenvalue weighted by molar-refractivity contribution is -0.384. The van der Waals surface area contributed by atoms with Crippen LogP contribution in [0.4, 0.5) is 5.69 Å². The molecule has 0 aromatic heterocycles. The van der Waals surface area contributed by atoms with Crippen LogP contribution in [0.2, 0.25) is 0 Å². The third kappa shape index (κ3) is 4.29. The van der Waals surface area contributed by atoms with E-state index in [1.165, 1.54) is 12.1 Å². The lowest BCUT2D eigenvalue weighted by Gasteiger charge is -2.14. The average molecular weight is 286 g/mol. The van der Waals surface area contributed by atoms with Crippen LogP contribution in [0.15, 0.2) is 48.5 Å². The summed E-state index contributed by atoms with van der Waals surface area (Å²) in [7, 11) is 0. The molecule has 0 amide bonds. The third-order valence-electron chi connectivity index (χ3n) is 3.38. The van der Waals surface area contributed by atoms with Gasteiger partial charge in [-0.1, -0.05) is 24.3 Å². The van der Waals surface area contributed by atoms with Crippen LogP contribution >= 0.6 is 0 Å². The Morgan fingerprint density at radius 1 is 1.24 bits per heavy atom. The van der Waals surface area contributed by atoms with E-state index < -0.39 is 4.92 Å². The van der Waals surface area contributed by atoms with Gasteiger partial charge in [0.05, 0.1) is 4.92 Å². The molecule has 2 aromatic carbocycles. The molecule has 2 rings (SSSR count). The molecule has 21 heavy (non-hydrogen) atoms. The summed E-state index contributed by atoms with van der Waals surface area (Å²) in [5.41, 5.74) is 2.19. The van der Waals surface area contributed by atoms with E-state index in [4.69, 9.17) is 0 Å². The Labute approximate surface area is 123 Å². The molecule has 0 aliphatic heterocycles. The van der Waals surface area contributed by atoms with Crippen LogP contribution in [0, 0.1) is 10.1 Å². The maximum absolute atomic E-state index is 10.6. The van der Waals surface area contributed by atoms with Crippen LogP contribution < -0.4 is 5.32 Å². The fourth-order valence-corrected chi connectivity index (χ4v) is 2.13. The van der Waals surface area contributed by atoms with Gasteiger partial charge in [-0.05, 0) is 43.1 Å². The van der Waals surface area contributed by atoms with Gasteiger partial charge in [0.2, 0.25) is 0 Å². The zero-order valence-corrected chi connectivity index (χ0v) is 11.8. The fourth-order valence-electron chi connectivity index (χ4n) is 2.13. The van der Waals surface area contributed by atoms with Gasteiger partial charge >= 0.3 is 0 Å². The molecule has 0 radical (unpaired) electrons. The van der Waals surface area contributed by atoms with Crippen molar-refractivity contribution in [2.75, 3.05) is 6.54 Å². The van der Waals surface area contributed by atoms with E-state index in [1.54, 1.807) is 24.3 Å². The van der Waals surface area contributed by atoms with Gasteiger partial charge in [0, 0.05) is 18.2 Å². The summed E-state index contributed by atoms with van der Waals surface area (Å²) in [5, 5.41) is 23.4. The Hall–Kier alpha value is -2.40. The summed E-state index contributed by atoms with van der Waals surface area (Å²) < 4.78 is 0. The van der Waals surface area contributed by atoms with Gasteiger partial charge < -0.3 is 10.4 Å². The number of hydrogen-bond acceptors (Lipinski definition) is 4. The van der Waals surface area contributed by atoms with Crippen LogP contribution in [0.1, 0.15) is 24.1 Å². The molecule has 0 saturated heterocycles. The van der Waals surface area contributed by atoms with Crippen LogP contribution in [0.3, 0.4) is 0 Å². The maximum atomic E-state index is 10.6. The Balaban J connectivity index is 1.85. The van der Waals surface area contributed by atoms with Gasteiger partial charge in [-0.2, -0.15) is 0 Å². The molecule has 0 heterocycles. The van der Waals surface area contributed by atoms with E-state index in [9.17, 15) is 15.2 Å². The number of aromatic hydroxyl groups is 1. The number of hydrogen-bond donors (Lipinski definition) is 2. The smallest absolute Gasteiger partial charge is 0.269 e. The summed E-state index contributed by atoms with van der Waals surface area (Å²) in [6, 6.07) is 13.9. The van der Waals surface area contributed by atoms with Crippen molar-refractivity contribution >= 4 is 5.69 Å². The molecule has 110 valence electrons. The Kier molecular flexibility index (Phi) is 4.90. The van der Waals surface area contributed by atoms with Gasteiger partial charge in [-0.25, -0.2) is 0 Å². The second-order valence-corrected chi connectivity index (χ2v) is 4.94. The molecule has 2 N–H and O–H groups in total. The quantitative estimate of drug-likeness (QED) is 0.631. The topological polar surface area (TPSA) is 75.4 Å². The van der Waals surface area contributed by atoms with E-state index in [0.717, 1.165) is 24.1 Å². The minimum atomic E-state index is -0.397. The molecule has 0 aliphatic carbocycles. The minimum Gasteiger partial charge on any atom is -0.508 e. The number of benzene rings is 2. The molecule has 0 aliphatic rings. The summed E-state index contributed by atoms with van der Waals surface area (Å²) in [6.07, 6.45) is 0.793. The molecule has 5 nitrogen and oxygen atoms in total. The Morgan fingerprint density at radius 3 is 2.57 bits per heavy atom. The molecule has 0 spiro atoms. The zero-order chi connectivity index (χ0) is 15.2. The van der Waals surface area contributed by atoms with Gasteiger partial charge in [0.25, 0.3) is 5.69 Å². The molecular weight excluding hydrogens is 268 g/mol.